The normalized spacial score (nSPS) is 11.6. The van der Waals surface area contributed by atoms with E-state index in [9.17, 15) is 0 Å². The van der Waals surface area contributed by atoms with E-state index in [-0.39, 0.29) is 0 Å². The smallest absolute Gasteiger partial charge is 0.0328 e. The lowest BCUT2D eigenvalue weighted by Crippen LogP contribution is -2.16. The predicted molar refractivity (Wildman–Crippen MR) is 63.6 cm³/mol. The second-order valence-electron chi connectivity index (χ2n) is 2.93. The summed E-state index contributed by atoms with van der Waals surface area (Å²) < 4.78 is 0. The number of thiol groups is 1. The van der Waals surface area contributed by atoms with Gasteiger partial charge in [-0.3, -0.25) is 4.90 Å². The Morgan fingerprint density at radius 1 is 1.54 bits per heavy atom. The first-order valence-electron chi connectivity index (χ1n) is 4.29. The monoisotopic (exact) mass is 213 g/mol. The van der Waals surface area contributed by atoms with Crippen LogP contribution in [0.3, 0.4) is 0 Å². The molecule has 0 spiro atoms. The van der Waals surface area contributed by atoms with Gasteiger partial charge in [-0.15, -0.1) is 11.3 Å². The largest absolute Gasteiger partial charge is 0.298 e. The number of hydrogen-bond donors (Lipinski definition) is 1. The molecule has 0 aliphatic carbocycles. The van der Waals surface area contributed by atoms with E-state index in [1.807, 2.05) is 11.3 Å². The van der Waals surface area contributed by atoms with Crippen LogP contribution in [0.5, 0.6) is 0 Å². The highest BCUT2D eigenvalue weighted by atomic mass is 32.1. The number of hydrogen-bond acceptors (Lipinski definition) is 3. The number of nitrogens with zero attached hydrogens (tertiary/aromatic N) is 1. The summed E-state index contributed by atoms with van der Waals surface area (Å²) in [6.45, 7) is 2.03. The van der Waals surface area contributed by atoms with E-state index < -0.39 is 0 Å². The third-order valence-corrected chi connectivity index (χ3v) is 2.77. The van der Waals surface area contributed by atoms with E-state index in [2.05, 4.69) is 54.2 Å². The lowest BCUT2D eigenvalue weighted by molar-refractivity contribution is 0.367. The van der Waals surface area contributed by atoms with E-state index in [1.54, 1.807) is 0 Å². The second kappa shape index (κ2) is 6.24. The Hall–Kier alpha value is -0.250. The van der Waals surface area contributed by atoms with Crippen molar-refractivity contribution in [3.05, 3.63) is 34.5 Å². The van der Waals surface area contributed by atoms with Crippen LogP contribution in [0.25, 0.3) is 0 Å². The van der Waals surface area contributed by atoms with E-state index in [0.717, 1.165) is 18.8 Å². The van der Waals surface area contributed by atoms with Gasteiger partial charge >= 0.3 is 0 Å². The lowest BCUT2D eigenvalue weighted by Gasteiger charge is -2.12. The maximum Gasteiger partial charge on any atom is 0.0328 e. The van der Waals surface area contributed by atoms with Crippen LogP contribution >= 0.6 is 24.0 Å². The van der Waals surface area contributed by atoms with E-state index in [1.165, 1.54) is 4.88 Å². The van der Waals surface area contributed by atoms with Crippen LogP contribution in [0.15, 0.2) is 29.7 Å². The third kappa shape index (κ3) is 4.50. The summed E-state index contributed by atoms with van der Waals surface area (Å²) in [7, 11) is 2.13. The predicted octanol–water partition coefficient (Wildman–Crippen LogP) is 2.67. The molecule has 0 radical (unpaired) electrons. The van der Waals surface area contributed by atoms with E-state index in [4.69, 9.17) is 0 Å². The van der Waals surface area contributed by atoms with Crippen molar-refractivity contribution in [2.24, 2.45) is 0 Å². The summed E-state index contributed by atoms with van der Waals surface area (Å²) in [5.74, 6) is 0.826. The van der Waals surface area contributed by atoms with Crippen molar-refractivity contribution >= 4 is 24.0 Å². The van der Waals surface area contributed by atoms with Crippen molar-refractivity contribution < 1.29 is 0 Å². The Morgan fingerprint density at radius 3 is 3.00 bits per heavy atom. The summed E-state index contributed by atoms with van der Waals surface area (Å²) in [6, 6.07) is 4.26. The summed E-state index contributed by atoms with van der Waals surface area (Å²) in [6.07, 6.45) is 4.23. The maximum absolute atomic E-state index is 4.11. The van der Waals surface area contributed by atoms with Gasteiger partial charge < -0.3 is 0 Å². The Kier molecular flexibility index (Phi) is 5.20. The molecular formula is C10H15NS2. The molecule has 0 aliphatic rings. The van der Waals surface area contributed by atoms with Gasteiger partial charge in [0, 0.05) is 23.7 Å². The Bertz CT molecular complexity index is 241. The van der Waals surface area contributed by atoms with Gasteiger partial charge in [-0.05, 0) is 18.5 Å². The highest BCUT2D eigenvalue weighted by molar-refractivity contribution is 7.80. The van der Waals surface area contributed by atoms with Gasteiger partial charge in [0.25, 0.3) is 0 Å². The van der Waals surface area contributed by atoms with E-state index >= 15 is 0 Å². The molecule has 13 heavy (non-hydrogen) atoms. The van der Waals surface area contributed by atoms with Gasteiger partial charge in [0.2, 0.25) is 0 Å². The molecule has 0 unspecified atom stereocenters. The van der Waals surface area contributed by atoms with Crippen LogP contribution in [0.2, 0.25) is 0 Å². The first-order chi connectivity index (χ1) is 6.33. The molecule has 1 nitrogen and oxygen atoms in total. The highest BCUT2D eigenvalue weighted by Gasteiger charge is 1.97. The molecule has 0 fully saturated rings. The number of thiophene rings is 1. The highest BCUT2D eigenvalue weighted by Crippen LogP contribution is 2.10. The molecule has 1 rings (SSSR count). The molecule has 3 heteroatoms. The summed E-state index contributed by atoms with van der Waals surface area (Å²) in [4.78, 5) is 3.70. The van der Waals surface area contributed by atoms with Crippen molar-refractivity contribution in [2.75, 3.05) is 19.3 Å². The maximum atomic E-state index is 4.11. The minimum absolute atomic E-state index is 0.826. The van der Waals surface area contributed by atoms with Crippen molar-refractivity contribution in [2.45, 2.75) is 6.54 Å². The van der Waals surface area contributed by atoms with Crippen LogP contribution in [0, 0.1) is 0 Å². The third-order valence-electron chi connectivity index (χ3n) is 1.70. The molecule has 0 saturated heterocycles. The van der Waals surface area contributed by atoms with Gasteiger partial charge in [0.05, 0.1) is 0 Å². The second-order valence-corrected chi connectivity index (χ2v) is 4.33. The van der Waals surface area contributed by atoms with Crippen LogP contribution < -0.4 is 0 Å². The molecule has 1 heterocycles. The van der Waals surface area contributed by atoms with Crippen LogP contribution in [-0.2, 0) is 6.54 Å². The zero-order chi connectivity index (χ0) is 9.52. The molecule has 0 bridgehead atoms. The van der Waals surface area contributed by atoms with Crippen LogP contribution in [-0.4, -0.2) is 24.2 Å². The average Bonchev–Trinajstić information content (AvgIpc) is 2.57. The van der Waals surface area contributed by atoms with Crippen molar-refractivity contribution in [1.82, 2.24) is 4.90 Å². The molecule has 1 aromatic rings. The number of likely N-dealkylation sites (N-methyl/N-ethyl adjacent to an activating group) is 1. The summed E-state index contributed by atoms with van der Waals surface area (Å²) >= 11 is 5.92. The summed E-state index contributed by atoms with van der Waals surface area (Å²) in [5.41, 5.74) is 0. The average molecular weight is 213 g/mol. The fraction of sp³-hybridized carbons (Fsp3) is 0.400. The molecule has 0 aromatic carbocycles. The Balaban J connectivity index is 2.25. The van der Waals surface area contributed by atoms with Gasteiger partial charge in [-0.2, -0.15) is 12.6 Å². The minimum atomic E-state index is 0.826. The van der Waals surface area contributed by atoms with Gasteiger partial charge in [-0.25, -0.2) is 0 Å². The molecule has 72 valence electrons. The molecule has 0 aliphatic heterocycles. The molecule has 0 saturated carbocycles. The zero-order valence-corrected chi connectivity index (χ0v) is 9.52. The van der Waals surface area contributed by atoms with Crippen LogP contribution in [0.4, 0.5) is 0 Å². The lowest BCUT2D eigenvalue weighted by atomic mass is 10.4. The standard InChI is InChI=1S/C10H15NS2/c1-11(6-2-3-7-12)9-10-5-4-8-13-10/h2-5,8,12H,6-7,9H2,1H3. The van der Waals surface area contributed by atoms with E-state index in [0.29, 0.717) is 0 Å². The van der Waals surface area contributed by atoms with Gasteiger partial charge in [0.15, 0.2) is 0 Å². The first kappa shape index (κ1) is 10.8. The fourth-order valence-electron chi connectivity index (χ4n) is 1.06. The minimum Gasteiger partial charge on any atom is -0.298 e. The molecule has 0 N–H and O–H groups in total. The SMILES string of the molecule is CN(CC=CCS)Cc1cccs1. The van der Waals surface area contributed by atoms with Crippen molar-refractivity contribution in [3.63, 3.8) is 0 Å². The molecular weight excluding hydrogens is 198 g/mol. The van der Waals surface area contributed by atoms with Crippen molar-refractivity contribution in [3.8, 4) is 0 Å². The topological polar surface area (TPSA) is 3.24 Å². The van der Waals surface area contributed by atoms with Crippen LogP contribution in [0.1, 0.15) is 4.88 Å². The van der Waals surface area contributed by atoms with Gasteiger partial charge in [-0.1, -0.05) is 18.2 Å². The number of rotatable bonds is 5. The molecule has 0 atom stereocenters. The van der Waals surface area contributed by atoms with Gasteiger partial charge in [0.1, 0.15) is 0 Å². The Labute approximate surface area is 89.5 Å². The fourth-order valence-corrected chi connectivity index (χ4v) is 2.00. The molecule has 1 aromatic heterocycles. The zero-order valence-electron chi connectivity index (χ0n) is 7.81. The first-order valence-corrected chi connectivity index (χ1v) is 5.81. The van der Waals surface area contributed by atoms with Crippen molar-refractivity contribution in [1.29, 1.82) is 0 Å². The Morgan fingerprint density at radius 2 is 2.38 bits per heavy atom. The quantitative estimate of drug-likeness (QED) is 0.581. The summed E-state index contributed by atoms with van der Waals surface area (Å²) in [5, 5.41) is 2.12. The molecule has 0 amide bonds.